The maximum atomic E-state index is 13.0. The molecular formula is C18H28N2O3. The third kappa shape index (κ3) is 4.03. The zero-order valence-electron chi connectivity index (χ0n) is 14.1. The van der Waals surface area contributed by atoms with Crippen molar-refractivity contribution < 1.29 is 14.6 Å². The number of piperidine rings is 1. The monoisotopic (exact) mass is 320 g/mol. The average molecular weight is 320 g/mol. The van der Waals surface area contributed by atoms with Gasteiger partial charge in [-0.25, -0.2) is 0 Å². The molecule has 0 aliphatic carbocycles. The Kier molecular flexibility index (Phi) is 6.42. The number of carbonyl (C=O) groups is 1. The number of ether oxygens (including phenoxy) is 1. The van der Waals surface area contributed by atoms with E-state index >= 15 is 0 Å². The number of nitrogen functional groups attached to an aromatic ring is 1. The molecular weight excluding hydrogens is 292 g/mol. The Morgan fingerprint density at radius 2 is 2.26 bits per heavy atom. The minimum absolute atomic E-state index is 0.103. The van der Waals surface area contributed by atoms with Crippen molar-refractivity contribution in [2.24, 2.45) is 0 Å². The number of aliphatic hydroxyl groups is 1. The summed E-state index contributed by atoms with van der Waals surface area (Å²) in [4.78, 5) is 15.3. The lowest BCUT2D eigenvalue weighted by Gasteiger charge is -2.40. The maximum absolute atomic E-state index is 13.0. The number of carbonyl (C=O) groups excluding carboxylic acids is 1. The molecule has 1 aliphatic heterocycles. The van der Waals surface area contributed by atoms with Gasteiger partial charge in [-0.15, -0.1) is 0 Å². The van der Waals surface area contributed by atoms with E-state index in [1.54, 1.807) is 25.3 Å². The molecule has 1 aromatic carbocycles. The number of likely N-dealkylation sites (tertiary alicyclic amines) is 1. The van der Waals surface area contributed by atoms with Crippen molar-refractivity contribution in [3.05, 3.63) is 23.8 Å². The predicted octanol–water partition coefficient (Wildman–Crippen LogP) is 2.48. The summed E-state index contributed by atoms with van der Waals surface area (Å²) in [5.41, 5.74) is 7.05. The van der Waals surface area contributed by atoms with Crippen LogP contribution in [0.5, 0.6) is 5.75 Å². The molecule has 1 aromatic rings. The quantitative estimate of drug-likeness (QED) is 0.596. The first-order valence-electron chi connectivity index (χ1n) is 8.46. The van der Waals surface area contributed by atoms with Crippen molar-refractivity contribution in [1.29, 1.82) is 0 Å². The molecule has 3 N–H and O–H groups in total. The number of nitrogens with zero attached hydrogens (tertiary/aromatic N) is 1. The molecule has 1 aliphatic rings. The Bertz CT molecular complexity index is 531. The number of hydrogen-bond acceptors (Lipinski definition) is 5. The van der Waals surface area contributed by atoms with Gasteiger partial charge in [-0.1, -0.05) is 13.3 Å². The van der Waals surface area contributed by atoms with Crippen LogP contribution in [0.1, 0.15) is 49.4 Å². The lowest BCUT2D eigenvalue weighted by Crippen LogP contribution is -2.49. The van der Waals surface area contributed by atoms with E-state index < -0.39 is 0 Å². The molecule has 0 aromatic heterocycles. The van der Waals surface area contributed by atoms with E-state index in [2.05, 4.69) is 4.90 Å². The van der Waals surface area contributed by atoms with Gasteiger partial charge in [-0.2, -0.15) is 0 Å². The van der Waals surface area contributed by atoms with Crippen LogP contribution in [0.2, 0.25) is 0 Å². The highest BCUT2D eigenvalue weighted by atomic mass is 16.5. The molecule has 5 heteroatoms. The second-order valence-corrected chi connectivity index (χ2v) is 6.14. The molecule has 2 atom stereocenters. The van der Waals surface area contributed by atoms with Gasteiger partial charge in [-0.3, -0.25) is 9.69 Å². The van der Waals surface area contributed by atoms with Gasteiger partial charge in [-0.05, 0) is 50.4 Å². The van der Waals surface area contributed by atoms with Gasteiger partial charge >= 0.3 is 0 Å². The molecule has 2 rings (SSSR count). The van der Waals surface area contributed by atoms with Crippen LogP contribution in [-0.2, 0) is 0 Å². The second kappa shape index (κ2) is 8.31. The summed E-state index contributed by atoms with van der Waals surface area (Å²) in [5, 5.41) is 9.30. The Hall–Kier alpha value is -1.59. The van der Waals surface area contributed by atoms with Crippen LogP contribution in [0.25, 0.3) is 0 Å². The minimum Gasteiger partial charge on any atom is -0.495 e. The van der Waals surface area contributed by atoms with Gasteiger partial charge in [0.05, 0.1) is 18.8 Å². The van der Waals surface area contributed by atoms with E-state index in [0.717, 1.165) is 32.2 Å². The first-order chi connectivity index (χ1) is 11.1. The number of anilines is 1. The molecule has 128 valence electrons. The van der Waals surface area contributed by atoms with Crippen molar-refractivity contribution >= 4 is 11.5 Å². The highest BCUT2D eigenvalue weighted by Gasteiger charge is 2.32. The van der Waals surface area contributed by atoms with Gasteiger partial charge in [0, 0.05) is 18.2 Å². The summed E-state index contributed by atoms with van der Waals surface area (Å²) in [6, 6.07) is 5.37. The van der Waals surface area contributed by atoms with Crippen LogP contribution in [0.3, 0.4) is 0 Å². The molecule has 1 heterocycles. The Morgan fingerprint density at radius 3 is 2.87 bits per heavy atom. The zero-order valence-corrected chi connectivity index (χ0v) is 14.1. The highest BCUT2D eigenvalue weighted by molar-refractivity contribution is 6.01. The lowest BCUT2D eigenvalue weighted by molar-refractivity contribution is 0.0550. The van der Waals surface area contributed by atoms with Crippen molar-refractivity contribution in [2.75, 3.05) is 26.0 Å². The summed E-state index contributed by atoms with van der Waals surface area (Å²) in [5.74, 6) is 0.692. The fourth-order valence-electron chi connectivity index (χ4n) is 3.54. The van der Waals surface area contributed by atoms with Gasteiger partial charge in [0.25, 0.3) is 0 Å². The summed E-state index contributed by atoms with van der Waals surface area (Å²) in [6.45, 7) is 3.13. The number of methoxy groups -OCH3 is 1. The Morgan fingerprint density at radius 1 is 1.48 bits per heavy atom. The van der Waals surface area contributed by atoms with E-state index in [1.807, 2.05) is 6.92 Å². The smallest absolute Gasteiger partial charge is 0.180 e. The lowest BCUT2D eigenvalue weighted by atomic mass is 9.92. The number of hydrogen-bond donors (Lipinski definition) is 2. The molecule has 1 fully saturated rings. The predicted molar refractivity (Wildman–Crippen MR) is 91.9 cm³/mol. The summed E-state index contributed by atoms with van der Waals surface area (Å²) in [6.07, 6.45) is 4.81. The number of Topliss-reactive ketones (excluding diaryl/α,β-unsaturated/α-hetero) is 1. The molecule has 23 heavy (non-hydrogen) atoms. The summed E-state index contributed by atoms with van der Waals surface area (Å²) >= 11 is 0. The molecule has 0 amide bonds. The number of rotatable bonds is 7. The number of ketones is 1. The van der Waals surface area contributed by atoms with Crippen molar-refractivity contribution in [2.45, 2.75) is 51.1 Å². The van der Waals surface area contributed by atoms with Crippen LogP contribution < -0.4 is 10.5 Å². The third-order valence-corrected chi connectivity index (χ3v) is 4.74. The topological polar surface area (TPSA) is 75.8 Å². The molecule has 0 saturated carbocycles. The average Bonchev–Trinajstić information content (AvgIpc) is 2.57. The fourth-order valence-corrected chi connectivity index (χ4v) is 3.54. The molecule has 0 spiro atoms. The van der Waals surface area contributed by atoms with E-state index in [0.29, 0.717) is 23.0 Å². The van der Waals surface area contributed by atoms with Crippen LogP contribution in [0.4, 0.5) is 5.69 Å². The Labute approximate surface area is 138 Å². The van der Waals surface area contributed by atoms with E-state index in [9.17, 15) is 9.90 Å². The first-order valence-corrected chi connectivity index (χ1v) is 8.46. The largest absolute Gasteiger partial charge is 0.495 e. The van der Waals surface area contributed by atoms with Crippen LogP contribution in [-0.4, -0.2) is 48.1 Å². The van der Waals surface area contributed by atoms with Crippen LogP contribution in [0.15, 0.2) is 18.2 Å². The zero-order chi connectivity index (χ0) is 16.8. The molecule has 1 saturated heterocycles. The van der Waals surface area contributed by atoms with Crippen molar-refractivity contribution in [3.63, 3.8) is 0 Å². The van der Waals surface area contributed by atoms with Crippen molar-refractivity contribution in [1.82, 2.24) is 4.90 Å². The third-order valence-electron chi connectivity index (χ3n) is 4.74. The van der Waals surface area contributed by atoms with Crippen LogP contribution in [0, 0.1) is 0 Å². The Balaban J connectivity index is 2.21. The van der Waals surface area contributed by atoms with E-state index in [1.165, 1.54) is 6.42 Å². The standard InChI is InChI=1S/C18H28N2O3/c1-3-16(20-10-5-4-6-14(20)9-11-21)18(22)13-7-8-17(23-2)15(19)12-13/h7-8,12,14,16,21H,3-6,9-11,19H2,1-2H3. The first kappa shape index (κ1) is 17.8. The normalized spacial score (nSPS) is 20.2. The molecule has 2 unspecified atom stereocenters. The van der Waals surface area contributed by atoms with E-state index in [4.69, 9.17) is 10.5 Å². The highest BCUT2D eigenvalue weighted by Crippen LogP contribution is 2.27. The molecule has 0 radical (unpaired) electrons. The summed E-state index contributed by atoms with van der Waals surface area (Å²) < 4.78 is 5.16. The van der Waals surface area contributed by atoms with Gasteiger partial charge in [0.2, 0.25) is 0 Å². The summed E-state index contributed by atoms with van der Waals surface area (Å²) in [7, 11) is 1.56. The molecule has 0 bridgehead atoms. The minimum atomic E-state index is -0.153. The number of aliphatic hydroxyl groups excluding tert-OH is 1. The molecule has 5 nitrogen and oxygen atoms in total. The fraction of sp³-hybridized carbons (Fsp3) is 0.611. The maximum Gasteiger partial charge on any atom is 0.180 e. The SMILES string of the molecule is CCC(C(=O)c1ccc(OC)c(N)c1)N1CCCCC1CCO. The van der Waals surface area contributed by atoms with Gasteiger partial charge < -0.3 is 15.6 Å². The van der Waals surface area contributed by atoms with Crippen LogP contribution >= 0.6 is 0 Å². The second-order valence-electron chi connectivity index (χ2n) is 6.14. The van der Waals surface area contributed by atoms with Crippen molar-refractivity contribution in [3.8, 4) is 5.75 Å². The number of benzene rings is 1. The van der Waals surface area contributed by atoms with Gasteiger partial charge in [0.15, 0.2) is 5.78 Å². The van der Waals surface area contributed by atoms with Gasteiger partial charge in [0.1, 0.15) is 5.75 Å². The number of nitrogens with two attached hydrogens (primary N) is 1. The van der Waals surface area contributed by atoms with E-state index in [-0.39, 0.29) is 18.4 Å².